The van der Waals surface area contributed by atoms with Crippen molar-refractivity contribution in [3.63, 3.8) is 0 Å². The Labute approximate surface area is 96.6 Å². The average Bonchev–Trinajstić information content (AvgIpc) is 2.97. The highest BCUT2D eigenvalue weighted by Crippen LogP contribution is 2.41. The van der Waals surface area contributed by atoms with E-state index in [4.69, 9.17) is 14.6 Å². The molecule has 5 heteroatoms. The number of hydrogen-bond acceptors (Lipinski definition) is 3. The molecule has 2 aromatic rings. The van der Waals surface area contributed by atoms with Gasteiger partial charge in [-0.2, -0.15) is 0 Å². The van der Waals surface area contributed by atoms with Crippen molar-refractivity contribution in [3.8, 4) is 22.8 Å². The van der Waals surface area contributed by atoms with Gasteiger partial charge in [0.15, 0.2) is 11.5 Å². The van der Waals surface area contributed by atoms with E-state index in [-0.39, 0.29) is 12.4 Å². The standard InChI is InChI=1S/C12H9NO4/c14-12(15)8-4-5-13-10(8)7-2-1-3-9-11(7)17-6-16-9/h1-5,13H,6H2,(H,14,15). The van der Waals surface area contributed by atoms with E-state index in [0.717, 1.165) is 0 Å². The summed E-state index contributed by atoms with van der Waals surface area (Å²) < 4.78 is 10.6. The maximum Gasteiger partial charge on any atom is 0.337 e. The summed E-state index contributed by atoms with van der Waals surface area (Å²) >= 11 is 0. The van der Waals surface area contributed by atoms with Crippen LogP contribution in [-0.2, 0) is 0 Å². The Hall–Kier alpha value is -2.43. The van der Waals surface area contributed by atoms with E-state index in [1.165, 1.54) is 6.07 Å². The summed E-state index contributed by atoms with van der Waals surface area (Å²) in [6.45, 7) is 0.162. The quantitative estimate of drug-likeness (QED) is 0.830. The Morgan fingerprint density at radius 1 is 1.29 bits per heavy atom. The van der Waals surface area contributed by atoms with Crippen LogP contribution in [0.3, 0.4) is 0 Å². The molecule has 3 rings (SSSR count). The van der Waals surface area contributed by atoms with Crippen molar-refractivity contribution in [1.29, 1.82) is 0 Å². The SMILES string of the molecule is O=C(O)c1cc[nH]c1-c1cccc2c1OCO2. The molecule has 0 aliphatic carbocycles. The molecule has 5 nitrogen and oxygen atoms in total. The van der Waals surface area contributed by atoms with Gasteiger partial charge in [-0.1, -0.05) is 6.07 Å². The highest BCUT2D eigenvalue weighted by Gasteiger charge is 2.22. The zero-order valence-corrected chi connectivity index (χ0v) is 8.77. The molecule has 0 atom stereocenters. The number of aromatic carboxylic acids is 1. The van der Waals surface area contributed by atoms with Crippen LogP contribution in [0.4, 0.5) is 0 Å². The Balaban J connectivity index is 2.19. The van der Waals surface area contributed by atoms with Gasteiger partial charge in [0.25, 0.3) is 0 Å². The highest BCUT2D eigenvalue weighted by molar-refractivity contribution is 5.96. The average molecular weight is 231 g/mol. The lowest BCUT2D eigenvalue weighted by Crippen LogP contribution is -1.98. The number of carbonyl (C=O) groups is 1. The minimum absolute atomic E-state index is 0.162. The van der Waals surface area contributed by atoms with Crippen LogP contribution in [0.15, 0.2) is 30.5 Å². The van der Waals surface area contributed by atoms with Crippen LogP contribution in [0.2, 0.25) is 0 Å². The van der Waals surface area contributed by atoms with Gasteiger partial charge in [0.1, 0.15) is 0 Å². The molecule has 2 N–H and O–H groups in total. The third kappa shape index (κ3) is 1.44. The molecule has 1 aliphatic heterocycles. The third-order valence-corrected chi connectivity index (χ3v) is 2.64. The highest BCUT2D eigenvalue weighted by atomic mass is 16.7. The van der Waals surface area contributed by atoms with Crippen molar-refractivity contribution in [1.82, 2.24) is 4.98 Å². The number of benzene rings is 1. The van der Waals surface area contributed by atoms with Crippen LogP contribution in [0, 0.1) is 0 Å². The number of carboxylic acid groups (broad SMARTS) is 1. The molecule has 1 aromatic heterocycles. The molecule has 0 fully saturated rings. The van der Waals surface area contributed by atoms with E-state index < -0.39 is 5.97 Å². The lowest BCUT2D eigenvalue weighted by Gasteiger charge is -2.05. The molecule has 0 spiro atoms. The monoisotopic (exact) mass is 231 g/mol. The normalized spacial score (nSPS) is 12.7. The molecule has 0 bridgehead atoms. The summed E-state index contributed by atoms with van der Waals surface area (Å²) in [6, 6.07) is 6.91. The lowest BCUT2D eigenvalue weighted by atomic mass is 10.1. The number of rotatable bonds is 2. The number of fused-ring (bicyclic) bond motifs is 1. The van der Waals surface area contributed by atoms with Crippen LogP contribution in [0.25, 0.3) is 11.3 Å². The summed E-state index contributed by atoms with van der Waals surface area (Å²) in [5.41, 5.74) is 1.44. The molecule has 0 radical (unpaired) electrons. The van der Waals surface area contributed by atoms with Crippen LogP contribution >= 0.6 is 0 Å². The van der Waals surface area contributed by atoms with Crippen molar-refractivity contribution >= 4 is 5.97 Å². The number of hydrogen-bond donors (Lipinski definition) is 2. The number of carboxylic acids is 1. The summed E-state index contributed by atoms with van der Waals surface area (Å²) in [5.74, 6) is 0.239. The second-order valence-electron chi connectivity index (χ2n) is 3.61. The molecular weight excluding hydrogens is 222 g/mol. The number of nitrogens with one attached hydrogen (secondary N) is 1. The van der Waals surface area contributed by atoms with Crippen LogP contribution < -0.4 is 9.47 Å². The summed E-state index contributed by atoms with van der Waals surface area (Å²) in [6.07, 6.45) is 1.59. The second kappa shape index (κ2) is 3.55. The van der Waals surface area contributed by atoms with Crippen molar-refractivity contribution in [3.05, 3.63) is 36.0 Å². The third-order valence-electron chi connectivity index (χ3n) is 2.64. The molecule has 17 heavy (non-hydrogen) atoms. The second-order valence-corrected chi connectivity index (χ2v) is 3.61. The summed E-state index contributed by atoms with van der Waals surface area (Å²) in [5, 5.41) is 9.07. The smallest absolute Gasteiger partial charge is 0.337 e. The topological polar surface area (TPSA) is 71.5 Å². The zero-order chi connectivity index (χ0) is 11.8. The Morgan fingerprint density at radius 3 is 3.00 bits per heavy atom. The maximum atomic E-state index is 11.1. The van der Waals surface area contributed by atoms with Gasteiger partial charge in [0.05, 0.1) is 11.3 Å². The molecule has 1 aliphatic rings. The summed E-state index contributed by atoms with van der Waals surface area (Å²) in [4.78, 5) is 14.0. The van der Waals surface area contributed by atoms with E-state index in [2.05, 4.69) is 4.98 Å². The minimum Gasteiger partial charge on any atom is -0.478 e. The van der Waals surface area contributed by atoms with Crippen LogP contribution in [-0.4, -0.2) is 22.9 Å². The van der Waals surface area contributed by atoms with Crippen molar-refractivity contribution in [2.24, 2.45) is 0 Å². The molecular formula is C12H9NO4. The number of para-hydroxylation sites is 1. The fourth-order valence-electron chi connectivity index (χ4n) is 1.90. The van der Waals surface area contributed by atoms with Gasteiger partial charge in [0, 0.05) is 11.8 Å². The fraction of sp³-hybridized carbons (Fsp3) is 0.0833. The van der Waals surface area contributed by atoms with Gasteiger partial charge >= 0.3 is 5.97 Å². The van der Waals surface area contributed by atoms with E-state index in [1.54, 1.807) is 24.4 Å². The molecule has 86 valence electrons. The van der Waals surface area contributed by atoms with Gasteiger partial charge in [-0.3, -0.25) is 0 Å². The first-order valence-corrected chi connectivity index (χ1v) is 5.07. The zero-order valence-electron chi connectivity index (χ0n) is 8.77. The largest absolute Gasteiger partial charge is 0.478 e. The van der Waals surface area contributed by atoms with Crippen molar-refractivity contribution in [2.75, 3.05) is 6.79 Å². The molecule has 0 amide bonds. The van der Waals surface area contributed by atoms with Gasteiger partial charge in [0.2, 0.25) is 6.79 Å². The van der Waals surface area contributed by atoms with E-state index in [0.29, 0.717) is 22.8 Å². The predicted molar refractivity (Wildman–Crippen MR) is 59.3 cm³/mol. The molecule has 0 saturated heterocycles. The van der Waals surface area contributed by atoms with Crippen molar-refractivity contribution < 1.29 is 19.4 Å². The number of H-pyrrole nitrogens is 1. The predicted octanol–water partition coefficient (Wildman–Crippen LogP) is 2.11. The van der Waals surface area contributed by atoms with Gasteiger partial charge in [-0.25, -0.2) is 4.79 Å². The van der Waals surface area contributed by atoms with E-state index >= 15 is 0 Å². The maximum absolute atomic E-state index is 11.1. The van der Waals surface area contributed by atoms with E-state index in [9.17, 15) is 4.79 Å². The Morgan fingerprint density at radius 2 is 2.18 bits per heavy atom. The van der Waals surface area contributed by atoms with Crippen LogP contribution in [0.5, 0.6) is 11.5 Å². The molecule has 1 aromatic carbocycles. The van der Waals surface area contributed by atoms with Crippen molar-refractivity contribution in [2.45, 2.75) is 0 Å². The Kier molecular flexibility index (Phi) is 2.04. The number of ether oxygens (including phenoxy) is 2. The first kappa shape index (κ1) is 9.77. The van der Waals surface area contributed by atoms with Gasteiger partial charge in [-0.15, -0.1) is 0 Å². The molecule has 2 heterocycles. The lowest BCUT2D eigenvalue weighted by molar-refractivity contribution is 0.0698. The van der Waals surface area contributed by atoms with Gasteiger partial charge in [-0.05, 0) is 18.2 Å². The first-order chi connectivity index (χ1) is 8.27. The fourth-order valence-corrected chi connectivity index (χ4v) is 1.90. The van der Waals surface area contributed by atoms with Gasteiger partial charge < -0.3 is 19.6 Å². The molecule has 0 saturated carbocycles. The first-order valence-electron chi connectivity index (χ1n) is 5.07. The summed E-state index contributed by atoms with van der Waals surface area (Å²) in [7, 11) is 0. The minimum atomic E-state index is -0.974. The number of aromatic amines is 1. The van der Waals surface area contributed by atoms with Crippen LogP contribution in [0.1, 0.15) is 10.4 Å². The Bertz CT molecular complexity index is 588. The van der Waals surface area contributed by atoms with E-state index in [1.807, 2.05) is 0 Å². The molecule has 0 unspecified atom stereocenters. The number of aromatic nitrogens is 1.